The van der Waals surface area contributed by atoms with E-state index in [0.717, 1.165) is 31.7 Å². The second kappa shape index (κ2) is 5.48. The second-order valence-electron chi connectivity index (χ2n) is 4.32. The van der Waals surface area contributed by atoms with Crippen molar-refractivity contribution in [2.24, 2.45) is 5.92 Å². The van der Waals surface area contributed by atoms with Gasteiger partial charge in [-0.1, -0.05) is 6.08 Å². The van der Waals surface area contributed by atoms with E-state index in [0.29, 0.717) is 0 Å². The van der Waals surface area contributed by atoms with E-state index >= 15 is 0 Å². The number of piperidine rings is 1. The van der Waals surface area contributed by atoms with Gasteiger partial charge >= 0.3 is 5.97 Å². The Morgan fingerprint density at radius 1 is 1.61 bits per heavy atom. The molecule has 0 saturated carbocycles. The maximum absolute atomic E-state index is 10.5. The van der Waals surface area contributed by atoms with Crippen molar-refractivity contribution in [2.75, 3.05) is 23.7 Å². The minimum Gasteiger partial charge on any atom is -0.478 e. The van der Waals surface area contributed by atoms with Gasteiger partial charge in [0.15, 0.2) is 0 Å². The van der Waals surface area contributed by atoms with E-state index < -0.39 is 5.97 Å². The molecule has 1 unspecified atom stereocenters. The van der Waals surface area contributed by atoms with Crippen LogP contribution in [0, 0.1) is 5.92 Å². The quantitative estimate of drug-likeness (QED) is 0.773. The first-order valence-corrected chi connectivity index (χ1v) is 5.90. The lowest BCUT2D eigenvalue weighted by Crippen LogP contribution is -2.35. The van der Waals surface area contributed by atoms with Crippen molar-refractivity contribution < 1.29 is 9.90 Å². The molecule has 0 aromatic carbocycles. The normalized spacial score (nSPS) is 20.2. The van der Waals surface area contributed by atoms with Crippen LogP contribution in [0.1, 0.15) is 12.8 Å². The number of nitrogens with two attached hydrogens (primary N) is 1. The van der Waals surface area contributed by atoms with E-state index in [1.807, 2.05) is 6.07 Å². The molecule has 1 aromatic rings. The van der Waals surface area contributed by atoms with Gasteiger partial charge in [0.2, 0.25) is 5.95 Å². The van der Waals surface area contributed by atoms with E-state index in [-0.39, 0.29) is 11.9 Å². The molecule has 3 N–H and O–H groups in total. The molecule has 1 aliphatic heterocycles. The number of anilines is 2. The van der Waals surface area contributed by atoms with Crippen molar-refractivity contribution in [2.45, 2.75) is 12.8 Å². The fraction of sp³-hybridized carbons (Fsp3) is 0.417. The molecule has 2 rings (SSSR count). The summed E-state index contributed by atoms with van der Waals surface area (Å²) in [6.45, 7) is 1.67. The third kappa shape index (κ3) is 3.19. The van der Waals surface area contributed by atoms with E-state index in [9.17, 15) is 4.79 Å². The molecule has 0 bridgehead atoms. The third-order valence-electron chi connectivity index (χ3n) is 2.95. The van der Waals surface area contributed by atoms with Gasteiger partial charge in [0, 0.05) is 25.4 Å². The van der Waals surface area contributed by atoms with Crippen LogP contribution in [0.15, 0.2) is 24.4 Å². The highest BCUT2D eigenvalue weighted by Gasteiger charge is 2.19. The first-order valence-electron chi connectivity index (χ1n) is 5.90. The number of rotatable bonds is 3. The SMILES string of the molecule is Nc1nccc(N2CCCC(/C=C/C(=O)O)C2)n1. The van der Waals surface area contributed by atoms with Gasteiger partial charge in [0.05, 0.1) is 0 Å². The lowest BCUT2D eigenvalue weighted by atomic mass is 9.97. The Kier molecular flexibility index (Phi) is 3.76. The van der Waals surface area contributed by atoms with Crippen molar-refractivity contribution in [1.82, 2.24) is 9.97 Å². The van der Waals surface area contributed by atoms with Crippen LogP contribution >= 0.6 is 0 Å². The van der Waals surface area contributed by atoms with Crippen LogP contribution in [0.4, 0.5) is 11.8 Å². The van der Waals surface area contributed by atoms with Crippen molar-refractivity contribution in [1.29, 1.82) is 0 Å². The van der Waals surface area contributed by atoms with Gasteiger partial charge in [-0.2, -0.15) is 4.98 Å². The first-order chi connectivity index (χ1) is 8.65. The minimum atomic E-state index is -0.904. The summed E-state index contributed by atoms with van der Waals surface area (Å²) in [5.41, 5.74) is 5.56. The largest absolute Gasteiger partial charge is 0.478 e. The van der Waals surface area contributed by atoms with Crippen LogP contribution < -0.4 is 10.6 Å². The zero-order valence-corrected chi connectivity index (χ0v) is 9.99. The van der Waals surface area contributed by atoms with Gasteiger partial charge in [0.1, 0.15) is 5.82 Å². The van der Waals surface area contributed by atoms with Crippen LogP contribution in [0.2, 0.25) is 0 Å². The monoisotopic (exact) mass is 248 g/mol. The Hall–Kier alpha value is -2.11. The number of nitrogens with zero attached hydrogens (tertiary/aromatic N) is 3. The number of aromatic nitrogens is 2. The molecule has 2 heterocycles. The Morgan fingerprint density at radius 2 is 2.44 bits per heavy atom. The molecular weight excluding hydrogens is 232 g/mol. The number of hydrogen-bond donors (Lipinski definition) is 2. The average Bonchev–Trinajstić information content (AvgIpc) is 2.37. The van der Waals surface area contributed by atoms with E-state index in [2.05, 4.69) is 14.9 Å². The first kappa shape index (κ1) is 12.3. The predicted octanol–water partition coefficient (Wildman–Crippen LogP) is 0.916. The standard InChI is InChI=1S/C12H16N4O2/c13-12-14-6-5-10(15-12)16-7-1-2-9(8-16)3-4-11(17)18/h3-6,9H,1-2,7-8H2,(H,17,18)(H2,13,14,15)/b4-3+. The molecule has 0 radical (unpaired) electrons. The Labute approximate surface area is 105 Å². The van der Waals surface area contributed by atoms with Crippen LogP contribution in [-0.2, 0) is 4.79 Å². The van der Waals surface area contributed by atoms with Crippen LogP contribution in [0.5, 0.6) is 0 Å². The molecule has 1 aromatic heterocycles. The summed E-state index contributed by atoms with van der Waals surface area (Å²) in [5.74, 6) is 0.399. The van der Waals surface area contributed by atoms with E-state index in [4.69, 9.17) is 10.8 Å². The zero-order chi connectivity index (χ0) is 13.0. The summed E-state index contributed by atoms with van der Waals surface area (Å²) in [5, 5.41) is 8.63. The second-order valence-corrected chi connectivity index (χ2v) is 4.32. The molecule has 1 aliphatic rings. The van der Waals surface area contributed by atoms with Crippen molar-refractivity contribution in [3.63, 3.8) is 0 Å². The smallest absolute Gasteiger partial charge is 0.327 e. The fourth-order valence-corrected chi connectivity index (χ4v) is 2.13. The van der Waals surface area contributed by atoms with Gasteiger partial charge in [0.25, 0.3) is 0 Å². The number of carboxylic acid groups (broad SMARTS) is 1. The van der Waals surface area contributed by atoms with Crippen LogP contribution in [0.3, 0.4) is 0 Å². The Morgan fingerprint density at radius 3 is 3.17 bits per heavy atom. The highest BCUT2D eigenvalue weighted by Crippen LogP contribution is 2.22. The van der Waals surface area contributed by atoms with Gasteiger partial charge in [-0.05, 0) is 24.8 Å². The fourth-order valence-electron chi connectivity index (χ4n) is 2.13. The molecule has 0 aliphatic carbocycles. The van der Waals surface area contributed by atoms with E-state index in [1.54, 1.807) is 12.3 Å². The maximum atomic E-state index is 10.5. The van der Waals surface area contributed by atoms with Crippen molar-refractivity contribution in [3.05, 3.63) is 24.4 Å². The number of hydrogen-bond acceptors (Lipinski definition) is 5. The minimum absolute atomic E-state index is 0.242. The molecule has 1 saturated heterocycles. The Balaban J connectivity index is 2.04. The van der Waals surface area contributed by atoms with Crippen molar-refractivity contribution >= 4 is 17.7 Å². The lowest BCUT2D eigenvalue weighted by molar-refractivity contribution is -0.131. The predicted molar refractivity (Wildman–Crippen MR) is 68.2 cm³/mol. The van der Waals surface area contributed by atoms with Gasteiger partial charge in [-0.15, -0.1) is 0 Å². The Bertz CT molecular complexity index is 461. The zero-order valence-electron chi connectivity index (χ0n) is 9.99. The molecular formula is C12H16N4O2. The van der Waals surface area contributed by atoms with Crippen molar-refractivity contribution in [3.8, 4) is 0 Å². The highest BCUT2D eigenvalue weighted by atomic mass is 16.4. The summed E-state index contributed by atoms with van der Waals surface area (Å²) >= 11 is 0. The summed E-state index contributed by atoms with van der Waals surface area (Å²) in [4.78, 5) is 20.7. The lowest BCUT2D eigenvalue weighted by Gasteiger charge is -2.32. The van der Waals surface area contributed by atoms with Gasteiger partial charge in [-0.25, -0.2) is 9.78 Å². The maximum Gasteiger partial charge on any atom is 0.327 e. The summed E-state index contributed by atoms with van der Waals surface area (Å²) < 4.78 is 0. The van der Waals surface area contributed by atoms with E-state index in [1.165, 1.54) is 6.08 Å². The molecule has 0 amide bonds. The summed E-state index contributed by atoms with van der Waals surface area (Å²) in [7, 11) is 0. The molecule has 6 nitrogen and oxygen atoms in total. The summed E-state index contributed by atoms with van der Waals surface area (Å²) in [6, 6.07) is 1.82. The molecule has 96 valence electrons. The molecule has 1 fully saturated rings. The van der Waals surface area contributed by atoms with Crippen LogP contribution in [0.25, 0.3) is 0 Å². The summed E-state index contributed by atoms with van der Waals surface area (Å²) in [6.07, 6.45) is 6.61. The number of aliphatic carboxylic acids is 1. The molecule has 18 heavy (non-hydrogen) atoms. The highest BCUT2D eigenvalue weighted by molar-refractivity contribution is 5.79. The number of carbonyl (C=O) groups is 1. The molecule has 1 atom stereocenters. The number of carboxylic acids is 1. The number of nitrogen functional groups attached to an aromatic ring is 1. The average molecular weight is 248 g/mol. The third-order valence-corrected chi connectivity index (χ3v) is 2.95. The molecule has 0 spiro atoms. The van der Waals surface area contributed by atoms with Crippen LogP contribution in [-0.4, -0.2) is 34.1 Å². The van der Waals surface area contributed by atoms with Gasteiger partial charge in [-0.3, -0.25) is 0 Å². The van der Waals surface area contributed by atoms with Gasteiger partial charge < -0.3 is 15.7 Å². The topological polar surface area (TPSA) is 92.3 Å². The molecule has 6 heteroatoms.